The largest absolute Gasteiger partial charge is 0.381 e. The SMILES string of the molecule is Cc1nccnc1C1CCC(CCNC2CCOCC2)CC1. The predicted octanol–water partition coefficient (Wildman–Crippen LogP) is 3.22. The number of ether oxygens (including phenoxy) is 1. The monoisotopic (exact) mass is 303 g/mol. The Morgan fingerprint density at radius 2 is 1.77 bits per heavy atom. The first-order chi connectivity index (χ1) is 10.8. The Morgan fingerprint density at radius 1 is 1.05 bits per heavy atom. The van der Waals surface area contributed by atoms with Crippen molar-refractivity contribution in [1.82, 2.24) is 15.3 Å². The maximum absolute atomic E-state index is 5.41. The van der Waals surface area contributed by atoms with Gasteiger partial charge in [0.2, 0.25) is 0 Å². The minimum absolute atomic E-state index is 0.633. The molecule has 0 aromatic carbocycles. The molecule has 4 heteroatoms. The lowest BCUT2D eigenvalue weighted by Crippen LogP contribution is -2.36. The number of nitrogens with one attached hydrogen (secondary N) is 1. The molecule has 3 rings (SSSR count). The lowest BCUT2D eigenvalue weighted by atomic mass is 9.78. The first-order valence-electron chi connectivity index (χ1n) is 8.91. The highest BCUT2D eigenvalue weighted by molar-refractivity contribution is 5.14. The second-order valence-electron chi connectivity index (χ2n) is 6.87. The predicted molar refractivity (Wildman–Crippen MR) is 87.9 cm³/mol. The summed E-state index contributed by atoms with van der Waals surface area (Å²) in [7, 11) is 0. The summed E-state index contributed by atoms with van der Waals surface area (Å²) < 4.78 is 5.41. The summed E-state index contributed by atoms with van der Waals surface area (Å²) in [5.41, 5.74) is 2.36. The molecule has 1 N–H and O–H groups in total. The van der Waals surface area contributed by atoms with Gasteiger partial charge in [0.1, 0.15) is 0 Å². The molecule has 1 aliphatic carbocycles. The lowest BCUT2D eigenvalue weighted by molar-refractivity contribution is 0.0775. The molecule has 1 aliphatic heterocycles. The number of nitrogens with zero attached hydrogens (tertiary/aromatic N) is 2. The molecule has 1 saturated heterocycles. The second kappa shape index (κ2) is 8.02. The quantitative estimate of drug-likeness (QED) is 0.907. The van der Waals surface area contributed by atoms with E-state index in [0.717, 1.165) is 24.8 Å². The van der Waals surface area contributed by atoms with Gasteiger partial charge in [0.25, 0.3) is 0 Å². The summed E-state index contributed by atoms with van der Waals surface area (Å²) >= 11 is 0. The average Bonchev–Trinajstić information content (AvgIpc) is 2.57. The molecule has 0 bridgehead atoms. The molecule has 2 fully saturated rings. The molecule has 0 unspecified atom stereocenters. The van der Waals surface area contributed by atoms with Crippen LogP contribution in [0.15, 0.2) is 12.4 Å². The summed E-state index contributed by atoms with van der Waals surface area (Å²) in [6.45, 7) is 5.12. The Hall–Kier alpha value is -1.00. The zero-order chi connectivity index (χ0) is 15.2. The number of hydrogen-bond acceptors (Lipinski definition) is 4. The van der Waals surface area contributed by atoms with E-state index >= 15 is 0 Å². The van der Waals surface area contributed by atoms with Gasteiger partial charge in [-0.1, -0.05) is 0 Å². The molecule has 1 saturated carbocycles. The topological polar surface area (TPSA) is 47.0 Å². The minimum atomic E-state index is 0.633. The molecular formula is C18H29N3O. The van der Waals surface area contributed by atoms with Crippen molar-refractivity contribution in [2.75, 3.05) is 19.8 Å². The van der Waals surface area contributed by atoms with Crippen LogP contribution < -0.4 is 5.32 Å². The van der Waals surface area contributed by atoms with Crippen LogP contribution in [0.4, 0.5) is 0 Å². The van der Waals surface area contributed by atoms with Crippen molar-refractivity contribution in [2.24, 2.45) is 5.92 Å². The van der Waals surface area contributed by atoms with Crippen LogP contribution >= 0.6 is 0 Å². The van der Waals surface area contributed by atoms with Crippen molar-refractivity contribution in [3.63, 3.8) is 0 Å². The molecule has 1 aromatic heterocycles. The smallest absolute Gasteiger partial charge is 0.0646 e. The Morgan fingerprint density at radius 3 is 2.50 bits per heavy atom. The maximum atomic E-state index is 5.41. The van der Waals surface area contributed by atoms with E-state index in [0.29, 0.717) is 12.0 Å². The molecule has 22 heavy (non-hydrogen) atoms. The summed E-state index contributed by atoms with van der Waals surface area (Å²) in [4.78, 5) is 8.96. The summed E-state index contributed by atoms with van der Waals surface area (Å²) in [5.74, 6) is 1.52. The maximum Gasteiger partial charge on any atom is 0.0646 e. The highest BCUT2D eigenvalue weighted by Crippen LogP contribution is 2.36. The van der Waals surface area contributed by atoms with Crippen molar-refractivity contribution in [3.05, 3.63) is 23.8 Å². The summed E-state index contributed by atoms with van der Waals surface area (Å²) in [5, 5.41) is 3.72. The Balaban J connectivity index is 1.37. The van der Waals surface area contributed by atoms with E-state index in [-0.39, 0.29) is 0 Å². The Bertz CT molecular complexity index is 451. The van der Waals surface area contributed by atoms with Gasteiger partial charge >= 0.3 is 0 Å². The third-order valence-electron chi connectivity index (χ3n) is 5.36. The van der Waals surface area contributed by atoms with Crippen LogP contribution in [-0.4, -0.2) is 35.8 Å². The van der Waals surface area contributed by atoms with Crippen LogP contribution in [0.25, 0.3) is 0 Å². The van der Waals surface area contributed by atoms with Crippen LogP contribution in [0.1, 0.15) is 62.3 Å². The van der Waals surface area contributed by atoms with Gasteiger partial charge in [0, 0.05) is 37.6 Å². The van der Waals surface area contributed by atoms with E-state index < -0.39 is 0 Å². The van der Waals surface area contributed by atoms with E-state index in [9.17, 15) is 0 Å². The van der Waals surface area contributed by atoms with E-state index in [1.165, 1.54) is 57.2 Å². The van der Waals surface area contributed by atoms with Crippen molar-refractivity contribution in [3.8, 4) is 0 Å². The van der Waals surface area contributed by atoms with Crippen molar-refractivity contribution >= 4 is 0 Å². The van der Waals surface area contributed by atoms with Gasteiger partial charge in [-0.2, -0.15) is 0 Å². The fourth-order valence-corrected chi connectivity index (χ4v) is 3.94. The summed E-state index contributed by atoms with van der Waals surface area (Å²) in [6, 6.07) is 0.687. The molecule has 4 nitrogen and oxygen atoms in total. The van der Waals surface area contributed by atoms with E-state index in [4.69, 9.17) is 4.74 Å². The van der Waals surface area contributed by atoms with Crippen molar-refractivity contribution < 1.29 is 4.74 Å². The lowest BCUT2D eigenvalue weighted by Gasteiger charge is -2.29. The van der Waals surface area contributed by atoms with Crippen LogP contribution in [-0.2, 0) is 4.74 Å². The second-order valence-corrected chi connectivity index (χ2v) is 6.87. The van der Waals surface area contributed by atoms with Gasteiger partial charge in [-0.05, 0) is 64.3 Å². The van der Waals surface area contributed by atoms with Crippen LogP contribution in [0, 0.1) is 12.8 Å². The molecular weight excluding hydrogens is 274 g/mol. The van der Waals surface area contributed by atoms with E-state index in [1.807, 2.05) is 6.20 Å². The van der Waals surface area contributed by atoms with Gasteiger partial charge in [-0.3, -0.25) is 9.97 Å². The third-order valence-corrected chi connectivity index (χ3v) is 5.36. The molecule has 0 spiro atoms. The molecule has 0 amide bonds. The standard InChI is InChI=1S/C18H29N3O/c1-14-18(21-11-10-19-14)16-4-2-15(3-5-16)6-9-20-17-7-12-22-13-8-17/h10-11,15-17,20H,2-9,12-13H2,1H3. The molecule has 2 aliphatic rings. The minimum Gasteiger partial charge on any atom is -0.381 e. The molecule has 0 radical (unpaired) electrons. The number of aromatic nitrogens is 2. The third kappa shape index (κ3) is 4.26. The van der Waals surface area contributed by atoms with Crippen molar-refractivity contribution in [2.45, 2.75) is 63.8 Å². The fraction of sp³-hybridized carbons (Fsp3) is 0.778. The first kappa shape index (κ1) is 15.9. The highest BCUT2D eigenvalue weighted by atomic mass is 16.5. The van der Waals surface area contributed by atoms with Gasteiger partial charge in [-0.25, -0.2) is 0 Å². The Kier molecular flexibility index (Phi) is 5.79. The fourth-order valence-electron chi connectivity index (χ4n) is 3.94. The van der Waals surface area contributed by atoms with Crippen LogP contribution in [0.3, 0.4) is 0 Å². The molecule has 122 valence electrons. The molecule has 2 heterocycles. The van der Waals surface area contributed by atoms with Crippen LogP contribution in [0.2, 0.25) is 0 Å². The van der Waals surface area contributed by atoms with Crippen molar-refractivity contribution in [1.29, 1.82) is 0 Å². The van der Waals surface area contributed by atoms with Gasteiger partial charge in [0.05, 0.1) is 11.4 Å². The van der Waals surface area contributed by atoms with Gasteiger partial charge in [0.15, 0.2) is 0 Å². The highest BCUT2D eigenvalue weighted by Gasteiger charge is 2.24. The number of aryl methyl sites for hydroxylation is 1. The number of rotatable bonds is 5. The zero-order valence-electron chi connectivity index (χ0n) is 13.8. The first-order valence-corrected chi connectivity index (χ1v) is 8.91. The van der Waals surface area contributed by atoms with Gasteiger partial charge in [-0.15, -0.1) is 0 Å². The van der Waals surface area contributed by atoms with E-state index in [2.05, 4.69) is 22.2 Å². The number of hydrogen-bond donors (Lipinski definition) is 1. The van der Waals surface area contributed by atoms with Gasteiger partial charge < -0.3 is 10.1 Å². The Labute approximate surface area is 134 Å². The van der Waals surface area contributed by atoms with E-state index in [1.54, 1.807) is 6.20 Å². The van der Waals surface area contributed by atoms with Crippen LogP contribution in [0.5, 0.6) is 0 Å². The zero-order valence-corrected chi connectivity index (χ0v) is 13.8. The normalized spacial score (nSPS) is 27.0. The average molecular weight is 303 g/mol. The molecule has 1 aromatic rings. The summed E-state index contributed by atoms with van der Waals surface area (Å²) in [6.07, 6.45) is 12.6. The molecule has 0 atom stereocenters.